The van der Waals surface area contributed by atoms with E-state index < -0.39 is 0 Å². The molecule has 2 heterocycles. The maximum atomic E-state index is 13.8. The first kappa shape index (κ1) is 20.4. The van der Waals surface area contributed by atoms with Gasteiger partial charge in [0.15, 0.2) is 0 Å². The van der Waals surface area contributed by atoms with E-state index in [9.17, 15) is 9.59 Å². The Kier molecular flexibility index (Phi) is 5.09. The first-order chi connectivity index (χ1) is 15.7. The molecule has 1 spiro atoms. The Morgan fingerprint density at radius 3 is 2.38 bits per heavy atom. The van der Waals surface area contributed by atoms with Crippen LogP contribution in [0.25, 0.3) is 0 Å². The van der Waals surface area contributed by atoms with Crippen LogP contribution in [0, 0.1) is 17.8 Å². The van der Waals surface area contributed by atoms with Gasteiger partial charge in [-0.3, -0.25) is 14.5 Å². The fourth-order valence-electron chi connectivity index (χ4n) is 7.25. The summed E-state index contributed by atoms with van der Waals surface area (Å²) in [6.45, 7) is 0.639. The molecule has 1 aromatic rings. The van der Waals surface area contributed by atoms with Gasteiger partial charge in [-0.05, 0) is 68.2 Å². The zero-order valence-electron chi connectivity index (χ0n) is 18.9. The zero-order valence-corrected chi connectivity index (χ0v) is 18.9. The van der Waals surface area contributed by atoms with Gasteiger partial charge in [-0.1, -0.05) is 55.5 Å². The van der Waals surface area contributed by atoms with Crippen LogP contribution in [0.3, 0.4) is 0 Å². The smallest absolute Gasteiger partial charge is 0.238 e. The summed E-state index contributed by atoms with van der Waals surface area (Å²) in [4.78, 5) is 29.0. The minimum Gasteiger partial charge on any atom is -0.370 e. The summed E-state index contributed by atoms with van der Waals surface area (Å²) in [6, 6.07) is 9.50. The molecule has 0 unspecified atom stereocenters. The summed E-state index contributed by atoms with van der Waals surface area (Å²) in [5.41, 5.74) is 4.63. The van der Waals surface area contributed by atoms with Crippen LogP contribution in [0.5, 0.6) is 0 Å². The molecule has 0 bridgehead atoms. The summed E-state index contributed by atoms with van der Waals surface area (Å²) in [5, 5.41) is 0. The van der Waals surface area contributed by atoms with Crippen LogP contribution in [0.15, 0.2) is 53.1 Å². The highest BCUT2D eigenvalue weighted by atomic mass is 16.5. The van der Waals surface area contributed by atoms with Crippen LogP contribution in [0.4, 0.5) is 5.69 Å². The number of fused-ring (bicyclic) bond motifs is 4. The third-order valence-electron chi connectivity index (χ3n) is 8.73. The maximum Gasteiger partial charge on any atom is 0.238 e. The predicted octanol–water partition coefficient (Wildman–Crippen LogP) is 5.73. The second-order valence-corrected chi connectivity index (χ2v) is 10.5. The standard InChI is InChI=1S/C28H33NO3/c30-26-22-17-20(16-19-10-4-1-5-11-19)23-18-32-28(14-8-3-9-15-28)25(23)24(22)27(31)29(26)21-12-6-2-7-13-21/h2,6-7,12-13,16,22,24-25H,1,3-5,8-11,14-15,17-18H2/t22-,24-,25-/m0/s1. The predicted molar refractivity (Wildman–Crippen MR) is 124 cm³/mol. The monoisotopic (exact) mass is 431 g/mol. The van der Waals surface area contributed by atoms with Crippen molar-refractivity contribution >= 4 is 17.5 Å². The lowest BCUT2D eigenvalue weighted by atomic mass is 9.61. The second-order valence-electron chi connectivity index (χ2n) is 10.5. The number of rotatable bonds is 2. The first-order valence-electron chi connectivity index (χ1n) is 12.7. The molecule has 2 amide bonds. The van der Waals surface area contributed by atoms with Crippen molar-refractivity contribution in [3.8, 4) is 0 Å². The van der Waals surface area contributed by atoms with Gasteiger partial charge in [0.1, 0.15) is 0 Å². The van der Waals surface area contributed by atoms with Crippen molar-refractivity contribution in [2.24, 2.45) is 17.8 Å². The fourth-order valence-corrected chi connectivity index (χ4v) is 7.25. The van der Waals surface area contributed by atoms with Crippen molar-refractivity contribution in [1.82, 2.24) is 0 Å². The van der Waals surface area contributed by atoms with Crippen molar-refractivity contribution in [3.63, 3.8) is 0 Å². The molecular formula is C28H33NO3. The highest BCUT2D eigenvalue weighted by Crippen LogP contribution is 2.57. The number of carbonyl (C=O) groups excluding carboxylic acids is 2. The Balaban J connectivity index is 1.44. The van der Waals surface area contributed by atoms with Crippen molar-refractivity contribution in [2.75, 3.05) is 11.5 Å². The molecule has 2 aliphatic heterocycles. The number of ether oxygens (including phenoxy) is 1. The summed E-state index contributed by atoms with van der Waals surface area (Å²) < 4.78 is 6.61. The molecule has 2 saturated carbocycles. The Morgan fingerprint density at radius 2 is 1.62 bits per heavy atom. The van der Waals surface area contributed by atoms with E-state index in [1.54, 1.807) is 0 Å². The summed E-state index contributed by atoms with van der Waals surface area (Å²) in [6.07, 6.45) is 14.9. The highest BCUT2D eigenvalue weighted by molar-refractivity contribution is 6.22. The number of nitrogens with zero attached hydrogens (tertiary/aromatic N) is 1. The second kappa shape index (κ2) is 7.98. The number of allylic oxidation sites excluding steroid dienone is 3. The SMILES string of the molecule is O=C1[C@H]2[C@H](CC(C=C3CCCCC3)=C3COC4(CCCCC4)[C@@H]32)C(=O)N1c1ccccc1. The fraction of sp³-hybridized carbons (Fsp3) is 0.571. The number of para-hydroxylation sites is 1. The minimum absolute atomic E-state index is 0.00600. The number of anilines is 1. The lowest BCUT2D eigenvalue weighted by Crippen LogP contribution is -2.46. The van der Waals surface area contributed by atoms with E-state index in [0.29, 0.717) is 18.7 Å². The molecule has 3 atom stereocenters. The van der Waals surface area contributed by atoms with Crippen LogP contribution in [-0.2, 0) is 14.3 Å². The highest BCUT2D eigenvalue weighted by Gasteiger charge is 2.62. The normalized spacial score (nSPS) is 31.8. The van der Waals surface area contributed by atoms with E-state index in [1.807, 2.05) is 30.3 Å². The Morgan fingerprint density at radius 1 is 0.906 bits per heavy atom. The van der Waals surface area contributed by atoms with E-state index in [4.69, 9.17) is 4.74 Å². The first-order valence-corrected chi connectivity index (χ1v) is 12.7. The van der Waals surface area contributed by atoms with Crippen molar-refractivity contribution < 1.29 is 14.3 Å². The van der Waals surface area contributed by atoms with Gasteiger partial charge in [-0.15, -0.1) is 0 Å². The topological polar surface area (TPSA) is 46.6 Å². The van der Waals surface area contributed by atoms with Crippen molar-refractivity contribution in [3.05, 3.63) is 53.1 Å². The van der Waals surface area contributed by atoms with Crippen molar-refractivity contribution in [1.29, 1.82) is 0 Å². The lowest BCUT2D eigenvalue weighted by Gasteiger charge is -2.42. The van der Waals surface area contributed by atoms with Gasteiger partial charge in [0.05, 0.1) is 29.7 Å². The number of benzene rings is 1. The number of hydrogen-bond acceptors (Lipinski definition) is 3. The molecule has 0 aromatic heterocycles. The number of imide groups is 1. The average Bonchev–Trinajstić information content (AvgIpc) is 3.30. The van der Waals surface area contributed by atoms with Gasteiger partial charge >= 0.3 is 0 Å². The van der Waals surface area contributed by atoms with Gasteiger partial charge in [0.25, 0.3) is 0 Å². The Hall–Kier alpha value is -2.20. The van der Waals surface area contributed by atoms with E-state index >= 15 is 0 Å². The molecule has 0 radical (unpaired) electrons. The Bertz CT molecular complexity index is 977. The number of amides is 2. The summed E-state index contributed by atoms with van der Waals surface area (Å²) in [7, 11) is 0. The van der Waals surface area contributed by atoms with Gasteiger partial charge < -0.3 is 4.74 Å². The van der Waals surface area contributed by atoms with Gasteiger partial charge in [-0.2, -0.15) is 0 Å². The molecule has 32 heavy (non-hydrogen) atoms. The molecule has 3 aliphatic carbocycles. The molecule has 0 N–H and O–H groups in total. The summed E-state index contributed by atoms with van der Waals surface area (Å²) >= 11 is 0. The van der Waals surface area contributed by atoms with E-state index in [1.165, 1.54) is 60.1 Å². The molecule has 4 heteroatoms. The van der Waals surface area contributed by atoms with Gasteiger partial charge in [0, 0.05) is 5.92 Å². The van der Waals surface area contributed by atoms with Crippen LogP contribution >= 0.6 is 0 Å². The van der Waals surface area contributed by atoms with Crippen LogP contribution < -0.4 is 4.90 Å². The third-order valence-corrected chi connectivity index (χ3v) is 8.73. The molecule has 6 rings (SSSR count). The van der Waals surface area contributed by atoms with Crippen LogP contribution in [0.1, 0.15) is 70.6 Å². The minimum atomic E-state index is -0.271. The summed E-state index contributed by atoms with van der Waals surface area (Å²) in [5.74, 6) is -0.488. The largest absolute Gasteiger partial charge is 0.370 e. The average molecular weight is 432 g/mol. The Labute approximate surface area is 190 Å². The molecular weight excluding hydrogens is 398 g/mol. The number of carbonyl (C=O) groups is 2. The van der Waals surface area contributed by atoms with Crippen LogP contribution in [0.2, 0.25) is 0 Å². The van der Waals surface area contributed by atoms with E-state index in [-0.39, 0.29) is 35.2 Å². The molecule has 2 saturated heterocycles. The maximum absolute atomic E-state index is 13.8. The molecule has 5 aliphatic rings. The zero-order chi connectivity index (χ0) is 21.7. The van der Waals surface area contributed by atoms with Gasteiger partial charge in [-0.25, -0.2) is 0 Å². The quantitative estimate of drug-likeness (QED) is 0.562. The third kappa shape index (κ3) is 3.14. The number of hydrogen-bond donors (Lipinski definition) is 0. The lowest BCUT2D eigenvalue weighted by molar-refractivity contribution is -0.127. The van der Waals surface area contributed by atoms with Crippen LogP contribution in [-0.4, -0.2) is 24.0 Å². The van der Waals surface area contributed by atoms with E-state index in [2.05, 4.69) is 6.08 Å². The molecule has 4 nitrogen and oxygen atoms in total. The molecule has 168 valence electrons. The van der Waals surface area contributed by atoms with Gasteiger partial charge in [0.2, 0.25) is 11.8 Å². The molecule has 1 aromatic carbocycles. The van der Waals surface area contributed by atoms with Crippen molar-refractivity contribution in [2.45, 2.75) is 76.2 Å². The molecule has 4 fully saturated rings. The van der Waals surface area contributed by atoms with E-state index in [0.717, 1.165) is 25.7 Å².